The predicted molar refractivity (Wildman–Crippen MR) is 103 cm³/mol. The van der Waals surface area contributed by atoms with Gasteiger partial charge in [-0.2, -0.15) is 0 Å². The molecule has 1 atom stereocenters. The molecule has 0 spiro atoms. The fourth-order valence-electron chi connectivity index (χ4n) is 2.26. The van der Waals surface area contributed by atoms with Crippen LogP contribution in [-0.4, -0.2) is 36.3 Å². The Labute approximate surface area is 167 Å². The number of hydrogen-bond acceptors (Lipinski definition) is 5. The van der Waals surface area contributed by atoms with E-state index in [0.717, 1.165) is 5.56 Å². The van der Waals surface area contributed by atoms with Gasteiger partial charge in [0.05, 0.1) is 17.0 Å². The number of benzene rings is 2. The molecule has 1 unspecified atom stereocenters. The molecule has 0 saturated carbocycles. The molecule has 0 saturated heterocycles. The standard InChI is InChI=1S/C20H19ClN2O5/c1-13(22-19(26)15-9-5-6-10-16(15)21)20(27)28-12-18(25)23-17(24)11-14-7-3-2-4-8-14/h2-10,13H,11-12H2,1H3,(H,22,26)(H,23,24,25). The molecule has 0 radical (unpaired) electrons. The number of carbonyl (C=O) groups excluding carboxylic acids is 4. The van der Waals surface area contributed by atoms with Gasteiger partial charge in [-0.25, -0.2) is 4.79 Å². The molecule has 2 aromatic rings. The van der Waals surface area contributed by atoms with E-state index in [1.165, 1.54) is 13.0 Å². The van der Waals surface area contributed by atoms with E-state index in [1.54, 1.807) is 42.5 Å². The summed E-state index contributed by atoms with van der Waals surface area (Å²) in [6, 6.07) is 14.3. The molecule has 0 aliphatic carbocycles. The minimum Gasteiger partial charge on any atom is -0.454 e. The minimum atomic E-state index is -1.00. The van der Waals surface area contributed by atoms with Crippen molar-refractivity contribution in [3.05, 3.63) is 70.7 Å². The predicted octanol–water partition coefficient (Wildman–Crippen LogP) is 1.89. The van der Waals surface area contributed by atoms with Crippen LogP contribution in [0.25, 0.3) is 0 Å². The van der Waals surface area contributed by atoms with Gasteiger partial charge in [0.15, 0.2) is 6.61 Å². The molecule has 0 aliphatic rings. The third kappa shape index (κ3) is 6.51. The molecule has 7 nitrogen and oxygen atoms in total. The lowest BCUT2D eigenvalue weighted by Gasteiger charge is -2.13. The fourth-order valence-corrected chi connectivity index (χ4v) is 2.48. The van der Waals surface area contributed by atoms with Crippen LogP contribution >= 0.6 is 11.6 Å². The lowest BCUT2D eigenvalue weighted by atomic mass is 10.1. The number of esters is 1. The van der Waals surface area contributed by atoms with Crippen LogP contribution in [-0.2, 0) is 25.5 Å². The van der Waals surface area contributed by atoms with Crippen LogP contribution < -0.4 is 10.6 Å². The van der Waals surface area contributed by atoms with Gasteiger partial charge >= 0.3 is 5.97 Å². The maximum Gasteiger partial charge on any atom is 0.328 e. The summed E-state index contributed by atoms with van der Waals surface area (Å²) in [4.78, 5) is 47.6. The number of amides is 3. The molecule has 8 heteroatoms. The van der Waals surface area contributed by atoms with Crippen molar-refractivity contribution in [3.63, 3.8) is 0 Å². The average Bonchev–Trinajstić information content (AvgIpc) is 2.67. The number of nitrogens with one attached hydrogen (secondary N) is 2. The third-order valence-corrected chi connectivity index (χ3v) is 3.98. The van der Waals surface area contributed by atoms with Crippen LogP contribution in [0.4, 0.5) is 0 Å². The summed E-state index contributed by atoms with van der Waals surface area (Å²) in [7, 11) is 0. The lowest BCUT2D eigenvalue weighted by Crippen LogP contribution is -2.41. The van der Waals surface area contributed by atoms with Crippen LogP contribution in [0.2, 0.25) is 5.02 Å². The molecule has 0 bridgehead atoms. The molecule has 0 fully saturated rings. The number of carbonyl (C=O) groups is 4. The second kappa shape index (κ2) is 10.2. The average molecular weight is 403 g/mol. The monoisotopic (exact) mass is 402 g/mol. The Morgan fingerprint density at radius 3 is 2.29 bits per heavy atom. The van der Waals surface area contributed by atoms with E-state index < -0.39 is 36.3 Å². The van der Waals surface area contributed by atoms with Crippen molar-refractivity contribution in [1.29, 1.82) is 0 Å². The van der Waals surface area contributed by atoms with Crippen molar-refractivity contribution in [2.45, 2.75) is 19.4 Å². The molecule has 28 heavy (non-hydrogen) atoms. The van der Waals surface area contributed by atoms with Gasteiger partial charge in [-0.05, 0) is 24.6 Å². The van der Waals surface area contributed by atoms with Gasteiger partial charge in [0, 0.05) is 0 Å². The van der Waals surface area contributed by atoms with E-state index in [9.17, 15) is 19.2 Å². The van der Waals surface area contributed by atoms with E-state index in [1.807, 2.05) is 6.07 Å². The van der Waals surface area contributed by atoms with Gasteiger partial charge in [0.1, 0.15) is 6.04 Å². The molecule has 0 heterocycles. The van der Waals surface area contributed by atoms with Gasteiger partial charge in [-0.3, -0.25) is 19.7 Å². The van der Waals surface area contributed by atoms with Gasteiger partial charge in [-0.15, -0.1) is 0 Å². The largest absolute Gasteiger partial charge is 0.454 e. The molecule has 2 N–H and O–H groups in total. The van der Waals surface area contributed by atoms with Crippen LogP contribution in [0, 0.1) is 0 Å². The Morgan fingerprint density at radius 1 is 0.964 bits per heavy atom. The van der Waals surface area contributed by atoms with E-state index in [2.05, 4.69) is 10.6 Å². The molecular formula is C20H19ClN2O5. The summed E-state index contributed by atoms with van der Waals surface area (Å²) in [6.45, 7) is 0.779. The fraction of sp³-hybridized carbons (Fsp3) is 0.200. The lowest BCUT2D eigenvalue weighted by molar-refractivity contribution is -0.150. The van der Waals surface area contributed by atoms with Crippen molar-refractivity contribution in [2.75, 3.05) is 6.61 Å². The van der Waals surface area contributed by atoms with Crippen LogP contribution in [0.15, 0.2) is 54.6 Å². The smallest absolute Gasteiger partial charge is 0.328 e. The zero-order chi connectivity index (χ0) is 20.5. The maximum atomic E-state index is 12.1. The molecule has 0 aromatic heterocycles. The first-order valence-corrected chi connectivity index (χ1v) is 8.83. The van der Waals surface area contributed by atoms with Crippen LogP contribution in [0.5, 0.6) is 0 Å². The van der Waals surface area contributed by atoms with E-state index in [-0.39, 0.29) is 17.0 Å². The van der Waals surface area contributed by atoms with Gasteiger partial charge in [0.25, 0.3) is 11.8 Å². The second-order valence-electron chi connectivity index (χ2n) is 5.92. The van der Waals surface area contributed by atoms with Crippen molar-refractivity contribution in [3.8, 4) is 0 Å². The van der Waals surface area contributed by atoms with Crippen molar-refractivity contribution < 1.29 is 23.9 Å². The zero-order valence-corrected chi connectivity index (χ0v) is 15.9. The summed E-state index contributed by atoms with van der Waals surface area (Å²) in [5.41, 5.74) is 0.966. The van der Waals surface area contributed by atoms with E-state index >= 15 is 0 Å². The number of rotatable bonds is 7. The molecular weight excluding hydrogens is 384 g/mol. The van der Waals surface area contributed by atoms with Crippen LogP contribution in [0.1, 0.15) is 22.8 Å². The summed E-state index contributed by atoms with van der Waals surface area (Å²) in [6.07, 6.45) is 0.0326. The number of ether oxygens (including phenoxy) is 1. The second-order valence-corrected chi connectivity index (χ2v) is 6.32. The normalized spacial score (nSPS) is 11.2. The molecule has 3 amide bonds. The van der Waals surface area contributed by atoms with E-state index in [4.69, 9.17) is 16.3 Å². The van der Waals surface area contributed by atoms with Gasteiger partial charge in [-0.1, -0.05) is 54.1 Å². The minimum absolute atomic E-state index is 0.0326. The Hall–Kier alpha value is -3.19. The molecule has 2 rings (SSSR count). The maximum absolute atomic E-state index is 12.1. The van der Waals surface area contributed by atoms with Crippen molar-refractivity contribution in [2.24, 2.45) is 0 Å². The van der Waals surface area contributed by atoms with Crippen LogP contribution in [0.3, 0.4) is 0 Å². The SMILES string of the molecule is CC(NC(=O)c1ccccc1Cl)C(=O)OCC(=O)NC(=O)Cc1ccccc1. The number of halogens is 1. The first-order valence-electron chi connectivity index (χ1n) is 8.45. The topological polar surface area (TPSA) is 102 Å². The summed E-state index contributed by atoms with van der Waals surface area (Å²) in [5.74, 6) is -2.62. The molecule has 2 aromatic carbocycles. The Kier molecular flexibility index (Phi) is 7.71. The summed E-state index contributed by atoms with van der Waals surface area (Å²) in [5, 5.41) is 4.82. The van der Waals surface area contributed by atoms with Gasteiger partial charge in [0.2, 0.25) is 5.91 Å². The highest BCUT2D eigenvalue weighted by Gasteiger charge is 2.20. The summed E-state index contributed by atoms with van der Waals surface area (Å²) >= 11 is 5.93. The highest BCUT2D eigenvalue weighted by molar-refractivity contribution is 6.33. The molecule has 0 aliphatic heterocycles. The highest BCUT2D eigenvalue weighted by Crippen LogP contribution is 2.14. The van der Waals surface area contributed by atoms with E-state index in [0.29, 0.717) is 0 Å². The first-order chi connectivity index (χ1) is 13.4. The highest BCUT2D eigenvalue weighted by atomic mass is 35.5. The van der Waals surface area contributed by atoms with Gasteiger partial charge < -0.3 is 10.1 Å². The molecule has 146 valence electrons. The third-order valence-electron chi connectivity index (χ3n) is 3.65. The Balaban J connectivity index is 1.76. The number of imide groups is 1. The quantitative estimate of drug-likeness (QED) is 0.688. The Morgan fingerprint density at radius 2 is 1.61 bits per heavy atom. The Bertz CT molecular complexity index is 870. The summed E-state index contributed by atoms with van der Waals surface area (Å²) < 4.78 is 4.83. The zero-order valence-electron chi connectivity index (χ0n) is 15.1. The van der Waals surface area contributed by atoms with Crippen molar-refractivity contribution >= 4 is 35.3 Å². The number of hydrogen-bond donors (Lipinski definition) is 2. The first kappa shape index (κ1) is 21.1. The van der Waals surface area contributed by atoms with Crippen molar-refractivity contribution in [1.82, 2.24) is 10.6 Å².